The van der Waals surface area contributed by atoms with Gasteiger partial charge in [0, 0.05) is 5.54 Å². The van der Waals surface area contributed by atoms with Gasteiger partial charge < -0.3 is 5.73 Å². The summed E-state index contributed by atoms with van der Waals surface area (Å²) in [5.74, 6) is 0. The van der Waals surface area contributed by atoms with E-state index in [0.717, 1.165) is 6.07 Å². The third-order valence-corrected chi connectivity index (χ3v) is 1.97. The first kappa shape index (κ1) is 15.3. The molecule has 0 bridgehead atoms. The largest absolute Gasteiger partial charge is 0.416 e. The van der Waals surface area contributed by atoms with Crippen LogP contribution in [0.1, 0.15) is 25.0 Å². The first-order valence-electron chi connectivity index (χ1n) is 4.64. The summed E-state index contributed by atoms with van der Waals surface area (Å²) >= 11 is 0. The molecule has 0 saturated heterocycles. The van der Waals surface area contributed by atoms with Crippen molar-refractivity contribution in [1.29, 1.82) is 0 Å². The second kappa shape index (κ2) is 5.06. The molecule has 0 radical (unpaired) electrons. The molecule has 0 aliphatic carbocycles. The predicted octanol–water partition coefficient (Wildman–Crippen LogP) is 3.41. The number of halogens is 4. The maximum Gasteiger partial charge on any atom is 0.416 e. The zero-order valence-corrected chi connectivity index (χ0v) is 9.95. The van der Waals surface area contributed by atoms with Crippen LogP contribution in [0.5, 0.6) is 0 Å². The van der Waals surface area contributed by atoms with Crippen LogP contribution in [0.25, 0.3) is 0 Å². The lowest BCUT2D eigenvalue weighted by atomic mass is 9.93. The SMILES string of the molecule is CC(C)(N)Cc1ccccc1C(F)(F)F.Cl. The van der Waals surface area contributed by atoms with Crippen LogP contribution in [0, 0.1) is 0 Å². The van der Waals surface area contributed by atoms with E-state index in [1.807, 2.05) is 0 Å². The lowest BCUT2D eigenvalue weighted by Crippen LogP contribution is -2.35. The molecule has 0 saturated carbocycles. The van der Waals surface area contributed by atoms with Gasteiger partial charge in [0.1, 0.15) is 0 Å². The average Bonchev–Trinajstić information content (AvgIpc) is 1.99. The van der Waals surface area contributed by atoms with Gasteiger partial charge in [-0.3, -0.25) is 0 Å². The predicted molar refractivity (Wildman–Crippen MR) is 60.7 cm³/mol. The number of rotatable bonds is 2. The Labute approximate surface area is 99.2 Å². The molecule has 92 valence electrons. The Morgan fingerprint density at radius 3 is 2.06 bits per heavy atom. The van der Waals surface area contributed by atoms with E-state index in [1.54, 1.807) is 19.9 Å². The highest BCUT2D eigenvalue weighted by Gasteiger charge is 2.33. The summed E-state index contributed by atoms with van der Waals surface area (Å²) in [4.78, 5) is 0. The van der Waals surface area contributed by atoms with Gasteiger partial charge in [-0.1, -0.05) is 18.2 Å². The van der Waals surface area contributed by atoms with Crippen LogP contribution in [0.3, 0.4) is 0 Å². The first-order valence-corrected chi connectivity index (χ1v) is 4.64. The van der Waals surface area contributed by atoms with Crippen LogP contribution in [-0.2, 0) is 12.6 Å². The van der Waals surface area contributed by atoms with Gasteiger partial charge in [-0.15, -0.1) is 12.4 Å². The van der Waals surface area contributed by atoms with Crippen molar-refractivity contribution >= 4 is 12.4 Å². The van der Waals surface area contributed by atoms with Gasteiger partial charge in [-0.05, 0) is 31.9 Å². The van der Waals surface area contributed by atoms with Crippen molar-refractivity contribution in [2.24, 2.45) is 5.73 Å². The standard InChI is InChI=1S/C11H14F3N.ClH/c1-10(2,15)7-8-5-3-4-6-9(8)11(12,13)14;/h3-6H,7,15H2,1-2H3;1H. The molecule has 0 atom stereocenters. The van der Waals surface area contributed by atoms with E-state index in [0.29, 0.717) is 0 Å². The molecule has 0 aliphatic heterocycles. The summed E-state index contributed by atoms with van der Waals surface area (Å²) in [6.07, 6.45) is -4.09. The van der Waals surface area contributed by atoms with Gasteiger partial charge in [0.15, 0.2) is 0 Å². The molecule has 16 heavy (non-hydrogen) atoms. The Kier molecular flexibility index (Phi) is 4.83. The molecule has 0 spiro atoms. The summed E-state index contributed by atoms with van der Waals surface area (Å²) in [7, 11) is 0. The van der Waals surface area contributed by atoms with Crippen LogP contribution in [0.15, 0.2) is 24.3 Å². The second-order valence-corrected chi connectivity index (χ2v) is 4.32. The second-order valence-electron chi connectivity index (χ2n) is 4.32. The normalized spacial score (nSPS) is 12.1. The van der Waals surface area contributed by atoms with Gasteiger partial charge in [0.2, 0.25) is 0 Å². The highest BCUT2D eigenvalue weighted by atomic mass is 35.5. The maximum absolute atomic E-state index is 12.6. The number of benzene rings is 1. The lowest BCUT2D eigenvalue weighted by Gasteiger charge is -2.21. The van der Waals surface area contributed by atoms with Gasteiger partial charge in [-0.2, -0.15) is 13.2 Å². The Balaban J connectivity index is 0.00000225. The third-order valence-electron chi connectivity index (χ3n) is 1.97. The minimum atomic E-state index is -4.30. The monoisotopic (exact) mass is 253 g/mol. The van der Waals surface area contributed by atoms with Crippen molar-refractivity contribution in [2.75, 3.05) is 0 Å². The minimum absolute atomic E-state index is 0. The first-order chi connectivity index (χ1) is 6.70. The smallest absolute Gasteiger partial charge is 0.325 e. The van der Waals surface area contributed by atoms with Gasteiger partial charge in [0.05, 0.1) is 5.56 Å². The minimum Gasteiger partial charge on any atom is -0.325 e. The molecule has 2 N–H and O–H groups in total. The van der Waals surface area contributed by atoms with E-state index < -0.39 is 17.3 Å². The topological polar surface area (TPSA) is 26.0 Å². The Bertz CT molecular complexity index is 342. The fourth-order valence-corrected chi connectivity index (χ4v) is 1.44. The molecule has 0 aliphatic rings. The van der Waals surface area contributed by atoms with Crippen molar-refractivity contribution in [3.8, 4) is 0 Å². The Morgan fingerprint density at radius 2 is 1.62 bits per heavy atom. The van der Waals surface area contributed by atoms with Gasteiger partial charge >= 0.3 is 6.18 Å². The number of alkyl halides is 3. The number of nitrogens with two attached hydrogens (primary N) is 1. The molecule has 0 aromatic heterocycles. The summed E-state index contributed by atoms with van der Waals surface area (Å²) in [5, 5.41) is 0. The van der Waals surface area contributed by atoms with Gasteiger partial charge in [0.25, 0.3) is 0 Å². The molecule has 1 rings (SSSR count). The molecule has 0 fully saturated rings. The van der Waals surface area contributed by atoms with E-state index in [-0.39, 0.29) is 24.4 Å². The summed E-state index contributed by atoms with van der Waals surface area (Å²) in [5.41, 5.74) is 4.73. The van der Waals surface area contributed by atoms with Crippen molar-refractivity contribution in [2.45, 2.75) is 32.0 Å². The van der Waals surface area contributed by atoms with Crippen LogP contribution < -0.4 is 5.73 Å². The third kappa shape index (κ3) is 4.41. The van der Waals surface area contributed by atoms with Crippen molar-refractivity contribution < 1.29 is 13.2 Å². The van der Waals surface area contributed by atoms with E-state index >= 15 is 0 Å². The highest BCUT2D eigenvalue weighted by molar-refractivity contribution is 5.85. The van der Waals surface area contributed by atoms with Gasteiger partial charge in [-0.25, -0.2) is 0 Å². The van der Waals surface area contributed by atoms with E-state index in [4.69, 9.17) is 5.73 Å². The van der Waals surface area contributed by atoms with E-state index in [9.17, 15) is 13.2 Å². The molecular formula is C11H15ClF3N. The fraction of sp³-hybridized carbons (Fsp3) is 0.455. The number of hydrogen-bond acceptors (Lipinski definition) is 1. The highest BCUT2D eigenvalue weighted by Crippen LogP contribution is 2.32. The average molecular weight is 254 g/mol. The molecule has 0 amide bonds. The van der Waals surface area contributed by atoms with Crippen LogP contribution in [-0.4, -0.2) is 5.54 Å². The summed E-state index contributed by atoms with van der Waals surface area (Å²) < 4.78 is 37.7. The van der Waals surface area contributed by atoms with E-state index in [2.05, 4.69) is 0 Å². The maximum atomic E-state index is 12.6. The zero-order valence-electron chi connectivity index (χ0n) is 9.14. The van der Waals surface area contributed by atoms with Crippen molar-refractivity contribution in [3.05, 3.63) is 35.4 Å². The van der Waals surface area contributed by atoms with Crippen LogP contribution in [0.2, 0.25) is 0 Å². The Hall–Kier alpha value is -0.740. The van der Waals surface area contributed by atoms with Crippen LogP contribution in [0.4, 0.5) is 13.2 Å². The summed E-state index contributed by atoms with van der Waals surface area (Å²) in [6, 6.07) is 5.53. The lowest BCUT2D eigenvalue weighted by molar-refractivity contribution is -0.138. The molecule has 1 aromatic carbocycles. The Morgan fingerprint density at radius 1 is 1.12 bits per heavy atom. The molecular weight excluding hydrogens is 239 g/mol. The summed E-state index contributed by atoms with van der Waals surface area (Å²) in [6.45, 7) is 3.42. The van der Waals surface area contributed by atoms with Crippen molar-refractivity contribution in [1.82, 2.24) is 0 Å². The van der Waals surface area contributed by atoms with Crippen molar-refractivity contribution in [3.63, 3.8) is 0 Å². The molecule has 0 heterocycles. The molecule has 1 aromatic rings. The van der Waals surface area contributed by atoms with E-state index in [1.165, 1.54) is 12.1 Å². The number of hydrogen-bond donors (Lipinski definition) is 1. The zero-order chi connectivity index (χ0) is 11.7. The molecule has 5 heteroatoms. The molecule has 0 unspecified atom stereocenters. The van der Waals surface area contributed by atoms with Crippen LogP contribution >= 0.6 is 12.4 Å². The fourth-order valence-electron chi connectivity index (χ4n) is 1.44. The quantitative estimate of drug-likeness (QED) is 0.859. The molecule has 1 nitrogen and oxygen atoms in total.